The number of aliphatic carboxylic acids is 2. The number of hydrogen-bond acceptors (Lipinski definition) is 4. The largest absolute Gasteiger partial charge is 0.493 e. The van der Waals surface area contributed by atoms with E-state index in [1.54, 1.807) is 0 Å². The van der Waals surface area contributed by atoms with Crippen LogP contribution in [-0.4, -0.2) is 46.7 Å². The van der Waals surface area contributed by atoms with E-state index in [1.807, 2.05) is 0 Å². The maximum absolute atomic E-state index is 9.10. The molecule has 28 heavy (non-hydrogen) atoms. The van der Waals surface area contributed by atoms with Crippen LogP contribution in [0.4, 0.5) is 0 Å². The molecule has 6 nitrogen and oxygen atoms in total. The molecule has 2 N–H and O–H groups in total. The topological polar surface area (TPSA) is 87.1 Å². The zero-order chi connectivity index (χ0) is 20.7. The van der Waals surface area contributed by atoms with Crippen LogP contribution in [0.3, 0.4) is 0 Å². The maximum atomic E-state index is 9.10. The van der Waals surface area contributed by atoms with Crippen molar-refractivity contribution in [2.24, 2.45) is 5.92 Å². The highest BCUT2D eigenvalue weighted by Crippen LogP contribution is 2.29. The minimum atomic E-state index is -1.82. The lowest BCUT2D eigenvalue weighted by atomic mass is 9.96. The molecule has 0 saturated carbocycles. The Hall–Kier alpha value is -2.86. The van der Waals surface area contributed by atoms with Crippen LogP contribution in [0.15, 0.2) is 48.5 Å². The van der Waals surface area contributed by atoms with Crippen molar-refractivity contribution < 1.29 is 24.5 Å². The first-order chi connectivity index (χ1) is 13.3. The van der Waals surface area contributed by atoms with E-state index in [-0.39, 0.29) is 0 Å². The normalized spacial score (nSPS) is 15.0. The average molecular weight is 385 g/mol. The third-order valence-corrected chi connectivity index (χ3v) is 4.87. The number of para-hydroxylation sites is 1. The smallest absolute Gasteiger partial charge is 0.414 e. The fraction of sp³-hybridized carbons (Fsp3) is 0.364. The number of nitrogens with zero attached hydrogens (tertiary/aromatic N) is 1. The monoisotopic (exact) mass is 385 g/mol. The maximum Gasteiger partial charge on any atom is 0.414 e. The summed E-state index contributed by atoms with van der Waals surface area (Å²) in [4.78, 5) is 20.7. The van der Waals surface area contributed by atoms with Gasteiger partial charge in [-0.15, -0.1) is 0 Å². The molecule has 6 heteroatoms. The number of carboxylic acids is 2. The summed E-state index contributed by atoms with van der Waals surface area (Å²) in [5.41, 5.74) is 3.86. The Morgan fingerprint density at radius 3 is 2.04 bits per heavy atom. The van der Waals surface area contributed by atoms with E-state index in [4.69, 9.17) is 24.5 Å². The highest BCUT2D eigenvalue weighted by molar-refractivity contribution is 6.27. The van der Waals surface area contributed by atoms with Crippen molar-refractivity contribution in [2.75, 3.05) is 19.7 Å². The van der Waals surface area contributed by atoms with Gasteiger partial charge < -0.3 is 14.9 Å². The highest BCUT2D eigenvalue weighted by atomic mass is 16.5. The van der Waals surface area contributed by atoms with Crippen LogP contribution in [0.2, 0.25) is 0 Å². The van der Waals surface area contributed by atoms with E-state index >= 15 is 0 Å². The SMILES string of the molecule is Cc1cccc(C)c1OCC1CN(C(C)c2ccccc2)C1.O=C(O)C(=O)O. The molecule has 0 spiro atoms. The lowest BCUT2D eigenvalue weighted by Crippen LogP contribution is -2.50. The van der Waals surface area contributed by atoms with Crippen LogP contribution in [-0.2, 0) is 9.59 Å². The summed E-state index contributed by atoms with van der Waals surface area (Å²) in [5, 5.41) is 14.8. The first-order valence-electron chi connectivity index (χ1n) is 9.23. The summed E-state index contributed by atoms with van der Waals surface area (Å²) >= 11 is 0. The van der Waals surface area contributed by atoms with Gasteiger partial charge in [0.15, 0.2) is 0 Å². The van der Waals surface area contributed by atoms with Gasteiger partial charge in [-0.1, -0.05) is 48.5 Å². The third-order valence-electron chi connectivity index (χ3n) is 4.87. The van der Waals surface area contributed by atoms with Gasteiger partial charge >= 0.3 is 11.9 Å². The van der Waals surface area contributed by atoms with E-state index in [0.717, 1.165) is 25.4 Å². The highest BCUT2D eigenvalue weighted by Gasteiger charge is 2.31. The van der Waals surface area contributed by atoms with E-state index in [2.05, 4.69) is 74.2 Å². The molecule has 1 saturated heterocycles. The zero-order valence-corrected chi connectivity index (χ0v) is 16.5. The van der Waals surface area contributed by atoms with E-state index < -0.39 is 11.9 Å². The van der Waals surface area contributed by atoms with Crippen molar-refractivity contribution in [3.05, 3.63) is 65.2 Å². The molecule has 150 valence electrons. The second kappa shape index (κ2) is 9.90. The van der Waals surface area contributed by atoms with Gasteiger partial charge in [-0.3, -0.25) is 4.90 Å². The Kier molecular flexibility index (Phi) is 7.58. The minimum Gasteiger partial charge on any atom is -0.493 e. The molecule has 1 fully saturated rings. The predicted molar refractivity (Wildman–Crippen MR) is 107 cm³/mol. The Balaban J connectivity index is 0.000000409. The number of ether oxygens (including phenoxy) is 1. The van der Waals surface area contributed by atoms with E-state index in [1.165, 1.54) is 16.7 Å². The number of aryl methyl sites for hydroxylation is 2. The summed E-state index contributed by atoms with van der Waals surface area (Å²) < 4.78 is 6.08. The standard InChI is InChI=1S/C20H25NO.C2H2O4/c1-15-8-7-9-16(2)20(15)22-14-18-12-21(13-18)17(3)19-10-5-4-6-11-19;3-1(4)2(5)6/h4-11,17-18H,12-14H2,1-3H3;(H,3,4)(H,5,6). The molecule has 1 atom stereocenters. The van der Waals surface area contributed by atoms with Gasteiger partial charge in [-0.25, -0.2) is 9.59 Å². The van der Waals surface area contributed by atoms with Gasteiger partial charge in [0.2, 0.25) is 0 Å². The second-order valence-corrected chi connectivity index (χ2v) is 7.05. The summed E-state index contributed by atoms with van der Waals surface area (Å²) in [6.45, 7) is 9.60. The van der Waals surface area contributed by atoms with Crippen LogP contribution < -0.4 is 4.74 Å². The number of carboxylic acid groups (broad SMARTS) is 2. The fourth-order valence-electron chi connectivity index (χ4n) is 3.20. The number of likely N-dealkylation sites (tertiary alicyclic amines) is 1. The molecule has 1 heterocycles. The Morgan fingerprint density at radius 1 is 1.00 bits per heavy atom. The molecule has 0 radical (unpaired) electrons. The van der Waals surface area contributed by atoms with Crippen molar-refractivity contribution in [3.8, 4) is 5.75 Å². The molecule has 1 unspecified atom stereocenters. The second-order valence-electron chi connectivity index (χ2n) is 7.05. The third kappa shape index (κ3) is 5.82. The summed E-state index contributed by atoms with van der Waals surface area (Å²) in [7, 11) is 0. The quantitative estimate of drug-likeness (QED) is 0.766. The molecule has 2 aromatic rings. The van der Waals surface area contributed by atoms with Crippen molar-refractivity contribution in [3.63, 3.8) is 0 Å². The number of carbonyl (C=O) groups is 2. The van der Waals surface area contributed by atoms with Crippen LogP contribution in [0.1, 0.15) is 29.7 Å². The summed E-state index contributed by atoms with van der Waals surface area (Å²) in [6, 6.07) is 17.6. The van der Waals surface area contributed by atoms with Crippen molar-refractivity contribution >= 4 is 11.9 Å². The molecule has 2 aromatic carbocycles. The first-order valence-corrected chi connectivity index (χ1v) is 9.23. The average Bonchev–Trinajstić information content (AvgIpc) is 2.63. The molecular formula is C22H27NO5. The molecule has 0 aliphatic carbocycles. The van der Waals surface area contributed by atoms with Crippen LogP contribution in [0.5, 0.6) is 5.75 Å². The lowest BCUT2D eigenvalue weighted by molar-refractivity contribution is -0.159. The molecular weight excluding hydrogens is 358 g/mol. The number of benzene rings is 2. The van der Waals surface area contributed by atoms with E-state index in [0.29, 0.717) is 12.0 Å². The van der Waals surface area contributed by atoms with E-state index in [9.17, 15) is 0 Å². The van der Waals surface area contributed by atoms with Crippen molar-refractivity contribution in [2.45, 2.75) is 26.8 Å². The lowest BCUT2D eigenvalue weighted by Gasteiger charge is -2.43. The Morgan fingerprint density at radius 2 is 1.54 bits per heavy atom. The van der Waals surface area contributed by atoms with Gasteiger partial charge in [-0.05, 0) is 37.5 Å². The summed E-state index contributed by atoms with van der Waals surface area (Å²) in [6.07, 6.45) is 0. The van der Waals surface area contributed by atoms with Gasteiger partial charge in [0.05, 0.1) is 6.61 Å². The van der Waals surface area contributed by atoms with Crippen LogP contribution in [0, 0.1) is 19.8 Å². The zero-order valence-electron chi connectivity index (χ0n) is 16.5. The molecule has 0 bridgehead atoms. The van der Waals surface area contributed by atoms with Gasteiger partial charge in [0, 0.05) is 25.0 Å². The van der Waals surface area contributed by atoms with Crippen LogP contribution >= 0.6 is 0 Å². The van der Waals surface area contributed by atoms with Gasteiger partial charge in [0.1, 0.15) is 5.75 Å². The fourth-order valence-corrected chi connectivity index (χ4v) is 3.20. The van der Waals surface area contributed by atoms with Crippen molar-refractivity contribution in [1.29, 1.82) is 0 Å². The Bertz CT molecular complexity index is 768. The first kappa shape index (κ1) is 21.4. The minimum absolute atomic E-state index is 0.498. The molecule has 1 aliphatic rings. The van der Waals surface area contributed by atoms with Crippen molar-refractivity contribution in [1.82, 2.24) is 4.90 Å². The molecule has 1 aliphatic heterocycles. The Labute approximate surface area is 165 Å². The number of rotatable bonds is 5. The molecule has 0 aromatic heterocycles. The molecule has 0 amide bonds. The number of hydrogen-bond donors (Lipinski definition) is 2. The van der Waals surface area contributed by atoms with Crippen LogP contribution in [0.25, 0.3) is 0 Å². The predicted octanol–water partition coefficient (Wildman–Crippen LogP) is 3.53. The van der Waals surface area contributed by atoms with Gasteiger partial charge in [0.25, 0.3) is 0 Å². The summed E-state index contributed by atoms with van der Waals surface area (Å²) in [5.74, 6) is -1.94. The van der Waals surface area contributed by atoms with Gasteiger partial charge in [-0.2, -0.15) is 0 Å². The molecule has 3 rings (SSSR count).